The van der Waals surface area contributed by atoms with Gasteiger partial charge in [-0.1, -0.05) is 12.2 Å². The zero-order valence-corrected chi connectivity index (χ0v) is 18.7. The number of aromatic nitrogens is 4. The summed E-state index contributed by atoms with van der Waals surface area (Å²) in [5, 5.41) is 4.42. The molecule has 3 aromatic rings. The minimum atomic E-state index is -0.546. The van der Waals surface area contributed by atoms with Crippen LogP contribution in [0.1, 0.15) is 11.3 Å². The fourth-order valence-corrected chi connectivity index (χ4v) is 3.65. The summed E-state index contributed by atoms with van der Waals surface area (Å²) in [6.45, 7) is 5.83. The Bertz CT molecular complexity index is 1060. The van der Waals surface area contributed by atoms with Gasteiger partial charge < -0.3 is 9.64 Å². The summed E-state index contributed by atoms with van der Waals surface area (Å²) in [5.41, 5.74) is 2.52. The maximum Gasteiger partial charge on any atom is 0.259 e. The van der Waals surface area contributed by atoms with E-state index < -0.39 is 11.6 Å². The number of ether oxygens (including phenoxy) is 1. The maximum atomic E-state index is 13.5. The van der Waals surface area contributed by atoms with Gasteiger partial charge in [-0.3, -0.25) is 4.90 Å². The smallest absolute Gasteiger partial charge is 0.259 e. The van der Waals surface area contributed by atoms with Crippen molar-refractivity contribution in [2.45, 2.75) is 6.92 Å². The van der Waals surface area contributed by atoms with E-state index in [1.807, 2.05) is 17.9 Å². The Morgan fingerprint density at radius 1 is 1.03 bits per heavy atom. The Hall–Kier alpha value is -3.04. The van der Waals surface area contributed by atoms with Crippen LogP contribution in [0.3, 0.4) is 0 Å². The number of halogens is 3. The highest BCUT2D eigenvalue weighted by Crippen LogP contribution is 2.21. The maximum absolute atomic E-state index is 13.5. The molecule has 1 aliphatic rings. The third-order valence-corrected chi connectivity index (χ3v) is 5.33. The van der Waals surface area contributed by atoms with E-state index in [9.17, 15) is 8.78 Å². The number of rotatable bonds is 6. The van der Waals surface area contributed by atoms with Crippen molar-refractivity contribution in [2.24, 2.45) is 0 Å². The summed E-state index contributed by atoms with van der Waals surface area (Å²) in [7, 11) is 1.55. The van der Waals surface area contributed by atoms with E-state index in [0.717, 1.165) is 50.0 Å². The van der Waals surface area contributed by atoms with Gasteiger partial charge in [-0.2, -0.15) is 5.10 Å². The van der Waals surface area contributed by atoms with Crippen LogP contribution in [0.4, 0.5) is 14.5 Å². The summed E-state index contributed by atoms with van der Waals surface area (Å²) in [5.74, 6) is -0.127. The van der Waals surface area contributed by atoms with Crippen LogP contribution in [0.25, 0.3) is 11.9 Å². The monoisotopic (exact) mass is 462 g/mol. The van der Waals surface area contributed by atoms with E-state index in [0.29, 0.717) is 17.4 Å². The van der Waals surface area contributed by atoms with Crippen LogP contribution in [0.15, 0.2) is 42.9 Å². The fourth-order valence-electron chi connectivity index (χ4n) is 3.65. The second-order valence-corrected chi connectivity index (χ2v) is 7.30. The highest BCUT2D eigenvalue weighted by atomic mass is 35.5. The summed E-state index contributed by atoms with van der Waals surface area (Å²) < 4.78 is 33.9. The lowest BCUT2D eigenvalue weighted by molar-refractivity contribution is 0.284. The van der Waals surface area contributed by atoms with E-state index in [2.05, 4.69) is 26.0 Å². The molecule has 10 heteroatoms. The normalized spacial score (nSPS) is 14.6. The Labute approximate surface area is 191 Å². The first kappa shape index (κ1) is 23.6. The van der Waals surface area contributed by atoms with Gasteiger partial charge in [-0.15, -0.1) is 12.4 Å². The molecule has 0 bridgehead atoms. The van der Waals surface area contributed by atoms with Crippen LogP contribution >= 0.6 is 12.4 Å². The molecule has 0 atom stereocenters. The van der Waals surface area contributed by atoms with Gasteiger partial charge in [0.25, 0.3) is 5.88 Å². The molecule has 0 N–H and O–H groups in total. The summed E-state index contributed by atoms with van der Waals surface area (Å²) in [6.07, 6.45) is 9.10. The highest BCUT2D eigenvalue weighted by molar-refractivity contribution is 5.85. The number of methoxy groups -OCH3 is 1. The second-order valence-electron chi connectivity index (χ2n) is 7.30. The summed E-state index contributed by atoms with van der Waals surface area (Å²) in [6, 6.07) is 3.66. The predicted octanol–water partition coefficient (Wildman–Crippen LogP) is 3.51. The Morgan fingerprint density at radius 3 is 2.41 bits per heavy atom. The summed E-state index contributed by atoms with van der Waals surface area (Å²) in [4.78, 5) is 12.8. The molecule has 2 aromatic heterocycles. The lowest BCUT2D eigenvalue weighted by Gasteiger charge is -2.35. The van der Waals surface area contributed by atoms with Crippen molar-refractivity contribution in [1.82, 2.24) is 24.6 Å². The first-order valence-corrected chi connectivity index (χ1v) is 10.0. The van der Waals surface area contributed by atoms with Gasteiger partial charge >= 0.3 is 0 Å². The molecule has 3 heterocycles. The lowest BCUT2D eigenvalue weighted by Crippen LogP contribution is -2.46. The molecular formula is C22H25ClF2N6O. The molecule has 0 aliphatic carbocycles. The van der Waals surface area contributed by atoms with Crippen molar-refractivity contribution in [3.8, 4) is 11.7 Å². The molecule has 4 rings (SSSR count). The average Bonchev–Trinajstić information content (AvgIpc) is 3.13. The van der Waals surface area contributed by atoms with Gasteiger partial charge in [-0.25, -0.2) is 23.4 Å². The van der Waals surface area contributed by atoms with Crippen molar-refractivity contribution in [3.05, 3.63) is 65.8 Å². The van der Waals surface area contributed by atoms with E-state index in [1.54, 1.807) is 30.4 Å². The number of benzene rings is 1. The number of nitrogens with zero attached hydrogens (tertiary/aromatic N) is 6. The largest absolute Gasteiger partial charge is 0.478 e. The van der Waals surface area contributed by atoms with Crippen LogP contribution in [0.5, 0.6) is 5.88 Å². The molecule has 1 fully saturated rings. The number of piperazine rings is 1. The van der Waals surface area contributed by atoms with E-state index >= 15 is 0 Å². The first-order valence-electron chi connectivity index (χ1n) is 10.0. The molecule has 32 heavy (non-hydrogen) atoms. The standard InChI is InChI=1S/C22H24F2N6O.ClH/c1-16-17(15-27-30(16)21-22(31-2)26-6-5-25-21)4-3-7-28-8-10-29(11-9-28)20-13-18(23)12-19(24)14-20;/h3-6,12-15H,7-11H2,1-2H3;1H. The molecule has 0 spiro atoms. The van der Waals surface area contributed by atoms with Crippen LogP contribution in [0.2, 0.25) is 0 Å². The van der Waals surface area contributed by atoms with Crippen molar-refractivity contribution in [3.63, 3.8) is 0 Å². The first-order chi connectivity index (χ1) is 15.0. The SMILES string of the molecule is COc1nccnc1-n1ncc(C=CCN2CCN(c3cc(F)cc(F)c3)CC2)c1C.Cl. The number of hydrogen-bond donors (Lipinski definition) is 0. The molecule has 0 saturated carbocycles. The van der Waals surface area contributed by atoms with E-state index in [1.165, 1.54) is 12.1 Å². The Kier molecular flexibility index (Phi) is 7.76. The minimum absolute atomic E-state index is 0. The molecule has 0 radical (unpaired) electrons. The van der Waals surface area contributed by atoms with Gasteiger partial charge in [0, 0.05) is 62.4 Å². The van der Waals surface area contributed by atoms with Crippen molar-refractivity contribution in [1.29, 1.82) is 0 Å². The Balaban J connectivity index is 0.00000289. The van der Waals surface area contributed by atoms with E-state index in [4.69, 9.17) is 4.74 Å². The topological polar surface area (TPSA) is 59.3 Å². The average molecular weight is 463 g/mol. The van der Waals surface area contributed by atoms with Gasteiger partial charge in [0.2, 0.25) is 5.82 Å². The fraction of sp³-hybridized carbons (Fsp3) is 0.318. The predicted molar refractivity (Wildman–Crippen MR) is 122 cm³/mol. The Morgan fingerprint density at radius 2 is 1.72 bits per heavy atom. The summed E-state index contributed by atoms with van der Waals surface area (Å²) >= 11 is 0. The number of anilines is 1. The zero-order valence-electron chi connectivity index (χ0n) is 17.9. The van der Waals surface area contributed by atoms with E-state index in [-0.39, 0.29) is 12.4 Å². The molecule has 1 aromatic carbocycles. The molecule has 1 aliphatic heterocycles. The number of hydrogen-bond acceptors (Lipinski definition) is 6. The van der Waals surface area contributed by atoms with Gasteiger partial charge in [0.15, 0.2) is 0 Å². The highest BCUT2D eigenvalue weighted by Gasteiger charge is 2.18. The van der Waals surface area contributed by atoms with Crippen LogP contribution in [0, 0.1) is 18.6 Å². The van der Waals surface area contributed by atoms with Gasteiger partial charge in [0.1, 0.15) is 11.6 Å². The zero-order chi connectivity index (χ0) is 21.8. The molecule has 0 unspecified atom stereocenters. The van der Waals surface area contributed by atoms with Crippen molar-refractivity contribution in [2.75, 3.05) is 44.7 Å². The molecule has 7 nitrogen and oxygen atoms in total. The van der Waals surface area contributed by atoms with Crippen LogP contribution in [-0.2, 0) is 0 Å². The minimum Gasteiger partial charge on any atom is -0.478 e. The quantitative estimate of drug-likeness (QED) is 0.558. The molecule has 0 amide bonds. The molecule has 1 saturated heterocycles. The molecule has 170 valence electrons. The van der Waals surface area contributed by atoms with Crippen molar-refractivity contribution < 1.29 is 13.5 Å². The molecular weight excluding hydrogens is 438 g/mol. The van der Waals surface area contributed by atoms with Crippen molar-refractivity contribution >= 4 is 24.2 Å². The third-order valence-electron chi connectivity index (χ3n) is 5.33. The third kappa shape index (κ3) is 5.23. The van der Waals surface area contributed by atoms with Gasteiger partial charge in [-0.05, 0) is 19.1 Å². The van der Waals surface area contributed by atoms with Crippen LogP contribution in [-0.4, -0.2) is 64.5 Å². The lowest BCUT2D eigenvalue weighted by atomic mass is 10.2. The van der Waals surface area contributed by atoms with Gasteiger partial charge in [0.05, 0.1) is 19.0 Å². The second kappa shape index (κ2) is 10.5. The van der Waals surface area contributed by atoms with Crippen LogP contribution < -0.4 is 9.64 Å².